The monoisotopic (exact) mass is 222 g/mol. The number of benzene rings is 1. The fraction of sp³-hybridized carbons (Fsp3) is 0.500. The second kappa shape index (κ2) is 4.37. The lowest BCUT2D eigenvalue weighted by atomic mass is 9.92. The molecule has 1 saturated carbocycles. The molecule has 0 aliphatic heterocycles. The van der Waals surface area contributed by atoms with Crippen molar-refractivity contribution in [2.75, 3.05) is 6.23 Å². The quantitative estimate of drug-likeness (QED) is 0.778. The van der Waals surface area contributed by atoms with E-state index in [9.17, 15) is 5.11 Å². The lowest BCUT2D eigenvalue weighted by Crippen LogP contribution is -2.20. The molecule has 0 bridgehead atoms. The van der Waals surface area contributed by atoms with E-state index in [0.29, 0.717) is 0 Å². The minimum Gasteiger partial charge on any atom is -0.498 e. The third-order valence-electron chi connectivity index (χ3n) is 3.13. The standard InChI is InChI=1S/C12H18O2Si/c13-12(7-1-2-8-12)10-3-5-11(6-4-10)14-9-15/h3-6,13H,1-2,7-9H2,15H3. The number of hydrogen-bond donors (Lipinski definition) is 1. The van der Waals surface area contributed by atoms with Crippen LogP contribution in [0.25, 0.3) is 0 Å². The first-order chi connectivity index (χ1) is 7.24. The van der Waals surface area contributed by atoms with Crippen LogP contribution in [-0.4, -0.2) is 21.6 Å². The second-order valence-corrected chi connectivity index (χ2v) is 4.77. The molecule has 0 radical (unpaired) electrons. The van der Waals surface area contributed by atoms with Crippen LogP contribution in [-0.2, 0) is 5.60 Å². The molecule has 0 heterocycles. The van der Waals surface area contributed by atoms with Crippen LogP contribution in [0, 0.1) is 0 Å². The Hall–Kier alpha value is -0.803. The Morgan fingerprint density at radius 1 is 1.20 bits per heavy atom. The van der Waals surface area contributed by atoms with Crippen molar-refractivity contribution in [3.63, 3.8) is 0 Å². The maximum Gasteiger partial charge on any atom is 0.118 e. The predicted molar refractivity (Wildman–Crippen MR) is 64.2 cm³/mol. The van der Waals surface area contributed by atoms with E-state index < -0.39 is 5.60 Å². The minimum atomic E-state index is -0.570. The zero-order chi connectivity index (χ0) is 10.7. The molecule has 3 heteroatoms. The lowest BCUT2D eigenvalue weighted by Gasteiger charge is -2.22. The molecule has 0 amide bonds. The Morgan fingerprint density at radius 2 is 1.80 bits per heavy atom. The van der Waals surface area contributed by atoms with Crippen LogP contribution >= 0.6 is 0 Å². The molecule has 0 atom stereocenters. The Balaban J connectivity index is 2.15. The molecule has 1 aliphatic carbocycles. The summed E-state index contributed by atoms with van der Waals surface area (Å²) in [6, 6.07) is 7.92. The molecule has 82 valence electrons. The molecule has 1 fully saturated rings. The van der Waals surface area contributed by atoms with Gasteiger partial charge in [-0.05, 0) is 30.5 Å². The van der Waals surface area contributed by atoms with Crippen molar-refractivity contribution in [1.82, 2.24) is 0 Å². The average Bonchev–Trinajstić information content (AvgIpc) is 2.68. The molecule has 1 aromatic carbocycles. The van der Waals surface area contributed by atoms with Crippen LogP contribution in [0.4, 0.5) is 0 Å². The van der Waals surface area contributed by atoms with Crippen molar-refractivity contribution >= 4 is 10.2 Å². The van der Waals surface area contributed by atoms with E-state index in [1.165, 1.54) is 0 Å². The summed E-state index contributed by atoms with van der Waals surface area (Å²) in [4.78, 5) is 0. The summed E-state index contributed by atoms with van der Waals surface area (Å²) in [7, 11) is 1.05. The van der Waals surface area contributed by atoms with Crippen LogP contribution in [0.15, 0.2) is 24.3 Å². The molecular weight excluding hydrogens is 204 g/mol. The normalized spacial score (nSPS) is 19.3. The SMILES string of the molecule is OC1(c2ccc(OC[SiH3])cc2)CCCC1. The van der Waals surface area contributed by atoms with E-state index in [1.807, 2.05) is 24.3 Å². The molecule has 15 heavy (non-hydrogen) atoms. The minimum absolute atomic E-state index is 0.570. The highest BCUT2D eigenvalue weighted by atomic mass is 28.1. The van der Waals surface area contributed by atoms with Crippen molar-refractivity contribution in [2.45, 2.75) is 31.3 Å². The van der Waals surface area contributed by atoms with Gasteiger partial charge >= 0.3 is 0 Å². The van der Waals surface area contributed by atoms with Crippen molar-refractivity contribution in [1.29, 1.82) is 0 Å². The zero-order valence-electron chi connectivity index (χ0n) is 9.20. The summed E-state index contributed by atoms with van der Waals surface area (Å²) in [5.41, 5.74) is 0.472. The predicted octanol–water partition coefficient (Wildman–Crippen LogP) is 1.15. The van der Waals surface area contributed by atoms with Crippen LogP contribution in [0.2, 0.25) is 0 Å². The van der Waals surface area contributed by atoms with Crippen LogP contribution in [0.5, 0.6) is 5.75 Å². The molecule has 0 saturated heterocycles. The lowest BCUT2D eigenvalue weighted by molar-refractivity contribution is 0.0444. The number of hydrogen-bond acceptors (Lipinski definition) is 2. The highest BCUT2D eigenvalue weighted by Crippen LogP contribution is 2.38. The summed E-state index contributed by atoms with van der Waals surface area (Å²) < 4.78 is 5.44. The van der Waals surface area contributed by atoms with Gasteiger partial charge in [-0.25, -0.2) is 0 Å². The van der Waals surface area contributed by atoms with Crippen molar-refractivity contribution in [3.8, 4) is 5.75 Å². The fourth-order valence-corrected chi connectivity index (χ4v) is 2.61. The first-order valence-corrected chi connectivity index (χ1v) is 7.12. The van der Waals surface area contributed by atoms with Gasteiger partial charge in [-0.3, -0.25) is 0 Å². The van der Waals surface area contributed by atoms with Gasteiger partial charge in [0.15, 0.2) is 0 Å². The van der Waals surface area contributed by atoms with Crippen molar-refractivity contribution in [2.24, 2.45) is 0 Å². The van der Waals surface area contributed by atoms with Gasteiger partial charge in [0.05, 0.1) is 22.1 Å². The topological polar surface area (TPSA) is 29.5 Å². The van der Waals surface area contributed by atoms with E-state index in [-0.39, 0.29) is 0 Å². The van der Waals surface area contributed by atoms with Crippen LogP contribution < -0.4 is 4.74 Å². The van der Waals surface area contributed by atoms with Gasteiger partial charge in [-0.1, -0.05) is 25.0 Å². The summed E-state index contributed by atoms with van der Waals surface area (Å²) in [5, 5.41) is 10.3. The van der Waals surface area contributed by atoms with Gasteiger partial charge in [0.2, 0.25) is 0 Å². The first kappa shape index (κ1) is 10.7. The van der Waals surface area contributed by atoms with E-state index in [4.69, 9.17) is 4.74 Å². The summed E-state index contributed by atoms with van der Waals surface area (Å²) in [6.45, 7) is 0. The van der Waals surface area contributed by atoms with Crippen molar-refractivity contribution < 1.29 is 9.84 Å². The summed E-state index contributed by atoms with van der Waals surface area (Å²) in [6.07, 6.45) is 4.88. The Kier molecular flexibility index (Phi) is 3.12. The molecular formula is C12H18O2Si. The van der Waals surface area contributed by atoms with Crippen LogP contribution in [0.3, 0.4) is 0 Å². The average molecular weight is 222 g/mol. The van der Waals surface area contributed by atoms with E-state index in [0.717, 1.165) is 53.5 Å². The fourth-order valence-electron chi connectivity index (χ4n) is 2.28. The maximum absolute atomic E-state index is 10.3. The van der Waals surface area contributed by atoms with Gasteiger partial charge < -0.3 is 9.84 Å². The smallest absolute Gasteiger partial charge is 0.118 e. The molecule has 1 aromatic rings. The zero-order valence-corrected chi connectivity index (χ0v) is 11.2. The van der Waals surface area contributed by atoms with E-state index in [1.54, 1.807) is 0 Å². The summed E-state index contributed by atoms with van der Waals surface area (Å²) in [5.74, 6) is 0.912. The number of ether oxygens (including phenoxy) is 1. The number of rotatable bonds is 3. The molecule has 2 rings (SSSR count). The molecule has 1 N–H and O–H groups in total. The molecule has 0 unspecified atom stereocenters. The second-order valence-electron chi connectivity index (χ2n) is 4.20. The van der Waals surface area contributed by atoms with Gasteiger partial charge in [0.25, 0.3) is 0 Å². The third kappa shape index (κ3) is 2.24. The van der Waals surface area contributed by atoms with Gasteiger partial charge in [0, 0.05) is 0 Å². The van der Waals surface area contributed by atoms with Crippen LogP contribution in [0.1, 0.15) is 31.2 Å². The van der Waals surface area contributed by atoms with Gasteiger partial charge in [-0.2, -0.15) is 0 Å². The third-order valence-corrected chi connectivity index (χ3v) is 3.42. The van der Waals surface area contributed by atoms with E-state index in [2.05, 4.69) is 0 Å². The summed E-state index contributed by atoms with van der Waals surface area (Å²) >= 11 is 0. The maximum atomic E-state index is 10.3. The van der Waals surface area contributed by atoms with Gasteiger partial charge in [0.1, 0.15) is 5.75 Å². The highest BCUT2D eigenvalue weighted by molar-refractivity contribution is 6.08. The first-order valence-electron chi connectivity index (χ1n) is 5.70. The Labute approximate surface area is 93.7 Å². The Bertz CT molecular complexity index is 315. The number of aliphatic hydroxyl groups is 1. The molecule has 0 aromatic heterocycles. The van der Waals surface area contributed by atoms with Gasteiger partial charge in [-0.15, -0.1) is 0 Å². The Morgan fingerprint density at radius 3 is 2.33 bits per heavy atom. The molecule has 1 aliphatic rings. The largest absolute Gasteiger partial charge is 0.498 e. The van der Waals surface area contributed by atoms with Crippen molar-refractivity contribution in [3.05, 3.63) is 29.8 Å². The van der Waals surface area contributed by atoms with E-state index >= 15 is 0 Å². The highest BCUT2D eigenvalue weighted by Gasteiger charge is 2.32. The molecule has 0 spiro atoms. The molecule has 2 nitrogen and oxygen atoms in total.